The topological polar surface area (TPSA) is 75.0 Å². The molecule has 0 bridgehead atoms. The Hall–Kier alpha value is -3.13. The van der Waals surface area contributed by atoms with Gasteiger partial charge in [0.15, 0.2) is 0 Å². The Balaban J connectivity index is 2.22. The fourth-order valence-electron chi connectivity index (χ4n) is 1.70. The molecule has 0 aliphatic heterocycles. The molecular formula is C16H13N3O2. The smallest absolute Gasteiger partial charge is 0.266 e. The predicted octanol–water partition coefficient (Wildman–Crippen LogP) is 2.64. The minimum Gasteiger partial charge on any atom is -0.495 e. The lowest BCUT2D eigenvalue weighted by atomic mass is 10.2. The Kier molecular flexibility index (Phi) is 4.67. The van der Waals surface area contributed by atoms with Gasteiger partial charge in [0, 0.05) is 6.20 Å². The third-order valence-corrected chi connectivity index (χ3v) is 2.70. The van der Waals surface area contributed by atoms with Crippen LogP contribution >= 0.6 is 0 Å². The molecule has 21 heavy (non-hydrogen) atoms. The largest absolute Gasteiger partial charge is 0.495 e. The summed E-state index contributed by atoms with van der Waals surface area (Å²) in [4.78, 5) is 16.2. The lowest BCUT2D eigenvalue weighted by Crippen LogP contribution is -2.14. The number of hydrogen-bond donors (Lipinski definition) is 1. The first kappa shape index (κ1) is 14.3. The number of hydrogen-bond acceptors (Lipinski definition) is 4. The molecule has 0 saturated heterocycles. The Morgan fingerprint density at radius 3 is 2.71 bits per heavy atom. The lowest BCUT2D eigenvalue weighted by Gasteiger charge is -2.09. The number of rotatable bonds is 4. The van der Waals surface area contributed by atoms with E-state index in [1.807, 2.05) is 6.07 Å². The van der Waals surface area contributed by atoms with Crippen LogP contribution in [0, 0.1) is 11.3 Å². The van der Waals surface area contributed by atoms with Gasteiger partial charge >= 0.3 is 0 Å². The monoisotopic (exact) mass is 279 g/mol. The van der Waals surface area contributed by atoms with E-state index in [0.717, 1.165) is 0 Å². The van der Waals surface area contributed by atoms with Crippen molar-refractivity contribution in [2.24, 2.45) is 0 Å². The van der Waals surface area contributed by atoms with Crippen molar-refractivity contribution >= 4 is 17.7 Å². The van der Waals surface area contributed by atoms with E-state index in [2.05, 4.69) is 10.3 Å². The molecule has 0 atom stereocenters. The third kappa shape index (κ3) is 3.67. The number of nitrogens with zero attached hydrogens (tertiary/aromatic N) is 2. The molecule has 0 spiro atoms. The summed E-state index contributed by atoms with van der Waals surface area (Å²) in [5.74, 6) is 0.0219. The summed E-state index contributed by atoms with van der Waals surface area (Å²) >= 11 is 0. The van der Waals surface area contributed by atoms with E-state index < -0.39 is 5.91 Å². The number of ether oxygens (including phenoxy) is 1. The van der Waals surface area contributed by atoms with Gasteiger partial charge in [0.2, 0.25) is 0 Å². The van der Waals surface area contributed by atoms with Crippen LogP contribution in [0.4, 0.5) is 5.69 Å². The second-order valence-electron chi connectivity index (χ2n) is 4.08. The number of benzene rings is 1. The Bertz CT molecular complexity index is 703. The molecule has 0 aliphatic rings. The van der Waals surface area contributed by atoms with Crippen molar-refractivity contribution < 1.29 is 9.53 Å². The third-order valence-electron chi connectivity index (χ3n) is 2.70. The minimum atomic E-state index is -0.507. The number of anilines is 1. The van der Waals surface area contributed by atoms with Crippen LogP contribution in [-0.4, -0.2) is 18.0 Å². The highest BCUT2D eigenvalue weighted by Crippen LogP contribution is 2.23. The maximum Gasteiger partial charge on any atom is 0.266 e. The van der Waals surface area contributed by atoms with Gasteiger partial charge in [-0.1, -0.05) is 18.2 Å². The van der Waals surface area contributed by atoms with E-state index in [9.17, 15) is 4.79 Å². The molecule has 1 amide bonds. The zero-order valence-corrected chi connectivity index (χ0v) is 11.4. The average Bonchev–Trinajstić information content (AvgIpc) is 2.54. The van der Waals surface area contributed by atoms with Gasteiger partial charge in [-0.05, 0) is 30.3 Å². The fraction of sp³-hybridized carbons (Fsp3) is 0.0625. The Labute approximate surface area is 122 Å². The van der Waals surface area contributed by atoms with Crippen molar-refractivity contribution in [3.05, 3.63) is 59.9 Å². The van der Waals surface area contributed by atoms with E-state index in [1.165, 1.54) is 13.2 Å². The minimum absolute atomic E-state index is 0.0281. The van der Waals surface area contributed by atoms with Gasteiger partial charge in [-0.15, -0.1) is 0 Å². The van der Waals surface area contributed by atoms with Gasteiger partial charge in [0.05, 0.1) is 18.5 Å². The maximum absolute atomic E-state index is 12.1. The first-order chi connectivity index (χ1) is 10.2. The molecule has 1 heterocycles. The van der Waals surface area contributed by atoms with Gasteiger partial charge in [-0.2, -0.15) is 5.26 Å². The van der Waals surface area contributed by atoms with Gasteiger partial charge in [-0.25, -0.2) is 0 Å². The molecule has 2 rings (SSSR count). The number of nitriles is 1. The second kappa shape index (κ2) is 6.87. The van der Waals surface area contributed by atoms with Crippen LogP contribution < -0.4 is 10.1 Å². The summed E-state index contributed by atoms with van der Waals surface area (Å²) in [6.45, 7) is 0. The van der Waals surface area contributed by atoms with Gasteiger partial charge in [0.1, 0.15) is 17.4 Å². The zero-order valence-electron chi connectivity index (χ0n) is 11.4. The van der Waals surface area contributed by atoms with Crippen molar-refractivity contribution in [2.45, 2.75) is 0 Å². The summed E-state index contributed by atoms with van der Waals surface area (Å²) in [6.07, 6.45) is 3.03. The average molecular weight is 279 g/mol. The second-order valence-corrected chi connectivity index (χ2v) is 4.08. The highest BCUT2D eigenvalue weighted by Gasteiger charge is 2.12. The van der Waals surface area contributed by atoms with Crippen LogP contribution in [0.25, 0.3) is 6.08 Å². The van der Waals surface area contributed by atoms with Crippen LogP contribution in [0.5, 0.6) is 5.75 Å². The fourth-order valence-corrected chi connectivity index (χ4v) is 1.70. The van der Waals surface area contributed by atoms with Crippen molar-refractivity contribution in [3.63, 3.8) is 0 Å². The molecule has 5 nitrogen and oxygen atoms in total. The zero-order chi connectivity index (χ0) is 15.1. The first-order valence-electron chi connectivity index (χ1n) is 6.22. The van der Waals surface area contributed by atoms with E-state index in [4.69, 9.17) is 10.00 Å². The number of carbonyl (C=O) groups is 1. The van der Waals surface area contributed by atoms with Crippen molar-refractivity contribution in [1.82, 2.24) is 4.98 Å². The van der Waals surface area contributed by atoms with Crippen LogP contribution in [0.3, 0.4) is 0 Å². The summed E-state index contributed by atoms with van der Waals surface area (Å²) in [5, 5.41) is 11.8. The molecule has 1 aromatic carbocycles. The summed E-state index contributed by atoms with van der Waals surface area (Å²) in [5.41, 5.74) is 1.02. The van der Waals surface area contributed by atoms with Gasteiger partial charge in [0.25, 0.3) is 5.91 Å². The van der Waals surface area contributed by atoms with Crippen LogP contribution in [0.15, 0.2) is 54.2 Å². The molecule has 1 aromatic heterocycles. The molecule has 0 fully saturated rings. The molecule has 2 aromatic rings. The summed E-state index contributed by atoms with van der Waals surface area (Å²) < 4.78 is 5.15. The maximum atomic E-state index is 12.1. The summed E-state index contributed by atoms with van der Waals surface area (Å²) in [7, 11) is 1.51. The van der Waals surface area contributed by atoms with E-state index in [0.29, 0.717) is 17.1 Å². The summed E-state index contributed by atoms with van der Waals surface area (Å²) in [6, 6.07) is 14.1. The molecule has 5 heteroatoms. The Morgan fingerprint density at radius 1 is 1.29 bits per heavy atom. The van der Waals surface area contributed by atoms with Gasteiger partial charge < -0.3 is 10.1 Å². The van der Waals surface area contributed by atoms with Crippen LogP contribution in [-0.2, 0) is 4.79 Å². The number of methoxy groups -OCH3 is 1. The quantitative estimate of drug-likeness (QED) is 0.689. The SMILES string of the molecule is COc1ccccc1NC(=O)/C(C#N)=C/c1ccccn1. The van der Waals surface area contributed by atoms with Crippen molar-refractivity contribution in [1.29, 1.82) is 5.26 Å². The first-order valence-corrected chi connectivity index (χ1v) is 6.22. The highest BCUT2D eigenvalue weighted by molar-refractivity contribution is 6.10. The number of carbonyl (C=O) groups excluding carboxylic acids is 1. The highest BCUT2D eigenvalue weighted by atomic mass is 16.5. The van der Waals surface area contributed by atoms with E-state index >= 15 is 0 Å². The number of nitrogens with one attached hydrogen (secondary N) is 1. The Morgan fingerprint density at radius 2 is 2.05 bits per heavy atom. The van der Waals surface area contributed by atoms with Crippen LogP contribution in [0.2, 0.25) is 0 Å². The normalized spacial score (nSPS) is 10.6. The molecule has 1 N–H and O–H groups in total. The van der Waals surface area contributed by atoms with Crippen molar-refractivity contribution in [3.8, 4) is 11.8 Å². The van der Waals surface area contributed by atoms with E-state index in [-0.39, 0.29) is 5.57 Å². The lowest BCUT2D eigenvalue weighted by molar-refractivity contribution is -0.112. The molecular weight excluding hydrogens is 266 g/mol. The number of pyridine rings is 1. The van der Waals surface area contributed by atoms with Crippen LogP contribution in [0.1, 0.15) is 5.69 Å². The number of amides is 1. The molecule has 0 unspecified atom stereocenters. The molecule has 0 radical (unpaired) electrons. The molecule has 0 aliphatic carbocycles. The van der Waals surface area contributed by atoms with E-state index in [1.54, 1.807) is 48.7 Å². The number of para-hydroxylation sites is 2. The molecule has 0 saturated carbocycles. The molecule has 104 valence electrons. The standard InChI is InChI=1S/C16H13N3O2/c1-21-15-8-3-2-7-14(15)19-16(20)12(11-17)10-13-6-4-5-9-18-13/h2-10H,1H3,(H,19,20)/b12-10+. The van der Waals surface area contributed by atoms with Crippen molar-refractivity contribution in [2.75, 3.05) is 12.4 Å². The van der Waals surface area contributed by atoms with Gasteiger partial charge in [-0.3, -0.25) is 9.78 Å². The predicted molar refractivity (Wildman–Crippen MR) is 79.5 cm³/mol. The number of aromatic nitrogens is 1.